The molecule has 0 saturated carbocycles. The van der Waals surface area contributed by atoms with Gasteiger partial charge in [-0.25, -0.2) is 8.42 Å². The Kier molecular flexibility index (Phi) is 4.09. The maximum Gasteiger partial charge on any atom is 0.496 e. The molecule has 0 unspecified atom stereocenters. The number of sulfonamides is 1. The SMILES string of the molecule is Cc1ncc(B2OC(C)(C)C(C)(C)O2)cc1N(C)S(C)(=O)=O. The molecule has 6 nitrogen and oxygen atoms in total. The first-order valence-corrected chi connectivity index (χ1v) is 8.96. The summed E-state index contributed by atoms with van der Waals surface area (Å²) in [5.41, 5.74) is 0.953. The molecule has 0 aromatic carbocycles. The van der Waals surface area contributed by atoms with E-state index >= 15 is 0 Å². The van der Waals surface area contributed by atoms with Crippen LogP contribution in [-0.4, -0.2) is 45.0 Å². The molecule has 1 aromatic heterocycles. The summed E-state index contributed by atoms with van der Waals surface area (Å²) in [5.74, 6) is 0. The Balaban J connectivity index is 2.40. The summed E-state index contributed by atoms with van der Waals surface area (Å²) in [5, 5.41) is 0. The Morgan fingerprint density at radius 3 is 2.14 bits per heavy atom. The molecule has 1 aliphatic rings. The van der Waals surface area contributed by atoms with Crippen molar-refractivity contribution in [2.75, 3.05) is 17.6 Å². The molecular weight excluding hydrogens is 303 g/mol. The van der Waals surface area contributed by atoms with Crippen LogP contribution in [0, 0.1) is 6.92 Å². The van der Waals surface area contributed by atoms with Gasteiger partial charge < -0.3 is 9.31 Å². The molecule has 0 spiro atoms. The summed E-state index contributed by atoms with van der Waals surface area (Å²) in [4.78, 5) is 4.29. The molecule has 0 bridgehead atoms. The van der Waals surface area contributed by atoms with Crippen molar-refractivity contribution in [3.63, 3.8) is 0 Å². The van der Waals surface area contributed by atoms with Crippen LogP contribution in [0.1, 0.15) is 33.4 Å². The van der Waals surface area contributed by atoms with Crippen molar-refractivity contribution >= 4 is 28.3 Å². The molecular formula is C14H23BN2O4S. The molecule has 2 heterocycles. The van der Waals surface area contributed by atoms with Crippen LogP contribution in [0.15, 0.2) is 12.3 Å². The number of hydrogen-bond acceptors (Lipinski definition) is 5. The van der Waals surface area contributed by atoms with Gasteiger partial charge in [-0.1, -0.05) is 0 Å². The monoisotopic (exact) mass is 326 g/mol. The van der Waals surface area contributed by atoms with Gasteiger partial charge in [0.25, 0.3) is 0 Å². The number of anilines is 1. The average molecular weight is 326 g/mol. The zero-order valence-electron chi connectivity index (χ0n) is 14.2. The Morgan fingerprint density at radius 2 is 1.68 bits per heavy atom. The van der Waals surface area contributed by atoms with Gasteiger partial charge in [-0.15, -0.1) is 0 Å². The summed E-state index contributed by atoms with van der Waals surface area (Å²) in [6.45, 7) is 9.65. The Morgan fingerprint density at radius 1 is 1.18 bits per heavy atom. The fourth-order valence-electron chi connectivity index (χ4n) is 2.14. The van der Waals surface area contributed by atoms with E-state index in [-0.39, 0.29) is 0 Å². The lowest BCUT2D eigenvalue weighted by molar-refractivity contribution is 0.00578. The van der Waals surface area contributed by atoms with E-state index in [9.17, 15) is 8.42 Å². The second kappa shape index (κ2) is 5.21. The molecule has 0 atom stereocenters. The Hall–Kier alpha value is -1.12. The molecule has 22 heavy (non-hydrogen) atoms. The topological polar surface area (TPSA) is 68.7 Å². The van der Waals surface area contributed by atoms with Gasteiger partial charge in [0.05, 0.1) is 28.8 Å². The van der Waals surface area contributed by atoms with Gasteiger partial charge in [0.15, 0.2) is 0 Å². The highest BCUT2D eigenvalue weighted by molar-refractivity contribution is 7.92. The first kappa shape index (κ1) is 17.2. The number of pyridine rings is 1. The zero-order chi connectivity index (χ0) is 16.9. The summed E-state index contributed by atoms with van der Waals surface area (Å²) < 4.78 is 36.7. The second-order valence-electron chi connectivity index (χ2n) is 6.69. The summed E-state index contributed by atoms with van der Waals surface area (Å²) >= 11 is 0. The van der Waals surface area contributed by atoms with Crippen LogP contribution in [-0.2, 0) is 19.3 Å². The van der Waals surface area contributed by atoms with E-state index in [4.69, 9.17) is 9.31 Å². The fraction of sp³-hybridized carbons (Fsp3) is 0.643. The van der Waals surface area contributed by atoms with E-state index < -0.39 is 28.3 Å². The smallest absolute Gasteiger partial charge is 0.399 e. The third-order valence-corrected chi connectivity index (χ3v) is 5.64. The number of aromatic nitrogens is 1. The van der Waals surface area contributed by atoms with E-state index in [1.807, 2.05) is 27.7 Å². The fourth-order valence-corrected chi connectivity index (χ4v) is 2.68. The molecule has 1 fully saturated rings. The standard InChI is InChI=1S/C14H23BN2O4S/c1-10-12(17(6)22(7,18)19)8-11(9-16-10)15-20-13(2,3)14(4,5)21-15/h8-9H,1-7H3. The number of hydrogen-bond donors (Lipinski definition) is 0. The number of rotatable bonds is 3. The van der Waals surface area contributed by atoms with Crippen molar-refractivity contribution in [3.8, 4) is 0 Å². The molecule has 1 aliphatic heterocycles. The van der Waals surface area contributed by atoms with Crippen LogP contribution in [0.3, 0.4) is 0 Å². The summed E-state index contributed by atoms with van der Waals surface area (Å²) in [6.07, 6.45) is 2.82. The average Bonchev–Trinajstić information content (AvgIpc) is 2.57. The Labute approximate surface area is 133 Å². The predicted octanol–water partition coefficient (Wildman–Crippen LogP) is 1.09. The van der Waals surface area contributed by atoms with E-state index in [1.54, 1.807) is 19.2 Å². The quantitative estimate of drug-likeness (QED) is 0.778. The summed E-state index contributed by atoms with van der Waals surface area (Å²) in [6, 6.07) is 1.76. The van der Waals surface area contributed by atoms with Crippen LogP contribution in [0.25, 0.3) is 0 Å². The molecule has 1 aromatic rings. The maximum atomic E-state index is 11.8. The number of nitrogens with zero attached hydrogens (tertiary/aromatic N) is 2. The predicted molar refractivity (Wildman–Crippen MR) is 87.9 cm³/mol. The van der Waals surface area contributed by atoms with Crippen molar-refractivity contribution < 1.29 is 17.7 Å². The molecule has 1 saturated heterocycles. The van der Waals surface area contributed by atoms with Crippen LogP contribution >= 0.6 is 0 Å². The van der Waals surface area contributed by atoms with E-state index in [1.165, 1.54) is 11.4 Å². The molecule has 0 amide bonds. The number of aryl methyl sites for hydroxylation is 1. The molecule has 0 radical (unpaired) electrons. The van der Waals surface area contributed by atoms with Crippen molar-refractivity contribution in [2.24, 2.45) is 0 Å². The highest BCUT2D eigenvalue weighted by Gasteiger charge is 2.51. The van der Waals surface area contributed by atoms with Crippen LogP contribution in [0.2, 0.25) is 0 Å². The third kappa shape index (κ3) is 3.00. The van der Waals surface area contributed by atoms with Gasteiger partial charge in [0.1, 0.15) is 0 Å². The Bertz CT molecular complexity index is 672. The molecule has 2 rings (SSSR count). The van der Waals surface area contributed by atoms with E-state index in [2.05, 4.69) is 4.98 Å². The minimum absolute atomic E-state index is 0.453. The minimum Gasteiger partial charge on any atom is -0.399 e. The first-order chi connectivity index (χ1) is 9.85. The highest BCUT2D eigenvalue weighted by Crippen LogP contribution is 2.36. The van der Waals surface area contributed by atoms with Crippen molar-refractivity contribution in [1.82, 2.24) is 4.98 Å². The van der Waals surface area contributed by atoms with Crippen LogP contribution < -0.4 is 9.77 Å². The van der Waals surface area contributed by atoms with Gasteiger partial charge in [0, 0.05) is 18.7 Å². The van der Waals surface area contributed by atoms with Gasteiger partial charge in [-0.05, 0) is 40.7 Å². The lowest BCUT2D eigenvalue weighted by Gasteiger charge is -2.32. The van der Waals surface area contributed by atoms with Crippen molar-refractivity contribution in [2.45, 2.75) is 45.8 Å². The third-order valence-electron chi connectivity index (χ3n) is 4.44. The zero-order valence-corrected chi connectivity index (χ0v) is 15.0. The van der Waals surface area contributed by atoms with Gasteiger partial charge in [-0.3, -0.25) is 9.29 Å². The van der Waals surface area contributed by atoms with E-state index in [0.717, 1.165) is 6.26 Å². The van der Waals surface area contributed by atoms with Crippen molar-refractivity contribution in [3.05, 3.63) is 18.0 Å². The first-order valence-electron chi connectivity index (χ1n) is 7.11. The minimum atomic E-state index is -3.35. The largest absolute Gasteiger partial charge is 0.496 e. The van der Waals surface area contributed by atoms with Gasteiger partial charge in [0.2, 0.25) is 10.0 Å². The molecule has 0 aliphatic carbocycles. The maximum absolute atomic E-state index is 11.8. The lowest BCUT2D eigenvalue weighted by Crippen LogP contribution is -2.41. The van der Waals surface area contributed by atoms with E-state index in [0.29, 0.717) is 16.8 Å². The summed E-state index contributed by atoms with van der Waals surface area (Å²) in [7, 11) is -2.41. The van der Waals surface area contributed by atoms with Crippen LogP contribution in [0.4, 0.5) is 5.69 Å². The second-order valence-corrected chi connectivity index (χ2v) is 8.71. The van der Waals surface area contributed by atoms with Gasteiger partial charge >= 0.3 is 7.12 Å². The highest BCUT2D eigenvalue weighted by atomic mass is 32.2. The molecule has 8 heteroatoms. The van der Waals surface area contributed by atoms with Crippen LogP contribution in [0.5, 0.6) is 0 Å². The van der Waals surface area contributed by atoms with Crippen molar-refractivity contribution in [1.29, 1.82) is 0 Å². The molecule has 122 valence electrons. The lowest BCUT2D eigenvalue weighted by atomic mass is 9.80. The normalized spacial score (nSPS) is 20.2. The van der Waals surface area contributed by atoms with Gasteiger partial charge in [-0.2, -0.15) is 0 Å². The molecule has 0 N–H and O–H groups in total.